The largest absolute Gasteiger partial charge is 0.493 e. The fourth-order valence-corrected chi connectivity index (χ4v) is 3.39. The van der Waals surface area contributed by atoms with Crippen LogP contribution in [0.25, 0.3) is 0 Å². The Labute approximate surface area is 156 Å². The summed E-state index contributed by atoms with van der Waals surface area (Å²) in [5.41, 5.74) is 1.72. The molecule has 7 nitrogen and oxygen atoms in total. The van der Waals surface area contributed by atoms with Crippen LogP contribution in [0.3, 0.4) is 0 Å². The highest BCUT2D eigenvalue weighted by Crippen LogP contribution is 2.28. The number of aliphatic carboxylic acids is 1. The monoisotopic (exact) mass is 378 g/mol. The van der Waals surface area contributed by atoms with Crippen LogP contribution in [0.5, 0.6) is 11.5 Å². The first-order chi connectivity index (χ1) is 12.4. The molecule has 1 aromatic carbocycles. The summed E-state index contributed by atoms with van der Waals surface area (Å²) in [6.07, 6.45) is 1.33. The van der Waals surface area contributed by atoms with E-state index < -0.39 is 5.97 Å². The number of amides is 1. The zero-order chi connectivity index (χ0) is 19.1. The molecular weight excluding hydrogens is 356 g/mol. The van der Waals surface area contributed by atoms with E-state index in [0.717, 1.165) is 16.1 Å². The van der Waals surface area contributed by atoms with Gasteiger partial charge in [-0.2, -0.15) is 0 Å². The second kappa shape index (κ2) is 9.19. The molecule has 2 aromatic rings. The summed E-state index contributed by atoms with van der Waals surface area (Å²) in [6, 6.07) is 5.56. The lowest BCUT2D eigenvalue weighted by molar-refractivity contribution is -0.136. The molecule has 0 saturated heterocycles. The van der Waals surface area contributed by atoms with E-state index in [2.05, 4.69) is 10.3 Å². The van der Waals surface area contributed by atoms with Gasteiger partial charge in [0.05, 0.1) is 26.3 Å². The van der Waals surface area contributed by atoms with Crippen LogP contribution in [-0.2, 0) is 22.4 Å². The van der Waals surface area contributed by atoms with Crippen molar-refractivity contribution in [1.82, 2.24) is 4.98 Å². The van der Waals surface area contributed by atoms with Crippen molar-refractivity contribution in [3.8, 4) is 11.5 Å². The highest BCUT2D eigenvalue weighted by Gasteiger charge is 2.12. The first kappa shape index (κ1) is 19.7. The van der Waals surface area contributed by atoms with E-state index >= 15 is 0 Å². The number of carbonyl (C=O) groups excluding carboxylic acids is 1. The zero-order valence-corrected chi connectivity index (χ0v) is 15.8. The van der Waals surface area contributed by atoms with Crippen molar-refractivity contribution in [2.75, 3.05) is 19.5 Å². The second-order valence-electron chi connectivity index (χ2n) is 5.66. The topological polar surface area (TPSA) is 97.8 Å². The fourth-order valence-electron chi connectivity index (χ4n) is 2.41. The molecule has 0 radical (unpaired) electrons. The van der Waals surface area contributed by atoms with Crippen molar-refractivity contribution in [1.29, 1.82) is 0 Å². The molecular formula is C18H22N2O5S. The number of aryl methyl sites for hydroxylation is 3. The van der Waals surface area contributed by atoms with Gasteiger partial charge in [0.25, 0.3) is 0 Å². The van der Waals surface area contributed by atoms with Crippen molar-refractivity contribution in [3.63, 3.8) is 0 Å². The van der Waals surface area contributed by atoms with Crippen LogP contribution in [0.2, 0.25) is 0 Å². The van der Waals surface area contributed by atoms with Crippen molar-refractivity contribution in [3.05, 3.63) is 34.3 Å². The summed E-state index contributed by atoms with van der Waals surface area (Å²) in [5, 5.41) is 12.0. The van der Waals surface area contributed by atoms with Gasteiger partial charge in [0.1, 0.15) is 0 Å². The average Bonchev–Trinajstić information content (AvgIpc) is 2.96. The summed E-state index contributed by atoms with van der Waals surface area (Å²) in [7, 11) is 3.15. The van der Waals surface area contributed by atoms with Gasteiger partial charge in [-0.05, 0) is 37.5 Å². The summed E-state index contributed by atoms with van der Waals surface area (Å²) < 4.78 is 10.5. The highest BCUT2D eigenvalue weighted by molar-refractivity contribution is 7.15. The predicted molar refractivity (Wildman–Crippen MR) is 99.3 cm³/mol. The van der Waals surface area contributed by atoms with E-state index in [4.69, 9.17) is 14.6 Å². The van der Waals surface area contributed by atoms with Crippen LogP contribution in [0.4, 0.5) is 5.13 Å². The minimum atomic E-state index is -0.849. The lowest BCUT2D eigenvalue weighted by atomic mass is 10.1. The molecule has 0 bridgehead atoms. The molecule has 0 unspecified atom stereocenters. The van der Waals surface area contributed by atoms with Gasteiger partial charge in [-0.15, -0.1) is 11.3 Å². The number of nitrogens with zero attached hydrogens (tertiary/aromatic N) is 1. The highest BCUT2D eigenvalue weighted by atomic mass is 32.1. The summed E-state index contributed by atoms with van der Waals surface area (Å²) >= 11 is 1.32. The number of benzene rings is 1. The van der Waals surface area contributed by atoms with Gasteiger partial charge in [0, 0.05) is 11.3 Å². The third-order valence-electron chi connectivity index (χ3n) is 3.79. The third kappa shape index (κ3) is 5.45. The van der Waals surface area contributed by atoms with E-state index in [0.29, 0.717) is 35.9 Å². The lowest BCUT2D eigenvalue weighted by Gasteiger charge is -2.09. The Morgan fingerprint density at radius 2 is 1.88 bits per heavy atom. The standard InChI is InChI=1S/C18H22N2O5S/c1-11-15(7-9-17(22)23)26-18(19-11)20-16(21)8-5-12-4-6-13(24-2)14(10-12)25-3/h4,6,10H,5,7-9H2,1-3H3,(H,22,23)(H,19,20,21). The molecule has 2 rings (SSSR count). The van der Waals surface area contributed by atoms with Gasteiger partial charge in [0.15, 0.2) is 16.6 Å². The fraction of sp³-hybridized carbons (Fsp3) is 0.389. The molecule has 1 amide bonds. The Hall–Kier alpha value is -2.61. The van der Waals surface area contributed by atoms with Gasteiger partial charge in [0.2, 0.25) is 5.91 Å². The van der Waals surface area contributed by atoms with Crippen LogP contribution in [-0.4, -0.2) is 36.2 Å². The molecule has 2 N–H and O–H groups in total. The van der Waals surface area contributed by atoms with E-state index in [1.165, 1.54) is 11.3 Å². The molecule has 0 aliphatic heterocycles. The Morgan fingerprint density at radius 3 is 2.54 bits per heavy atom. The number of hydrogen-bond donors (Lipinski definition) is 2. The van der Waals surface area contributed by atoms with Crippen LogP contribution in [0.1, 0.15) is 29.0 Å². The first-order valence-corrected chi connectivity index (χ1v) is 8.93. The van der Waals surface area contributed by atoms with Gasteiger partial charge >= 0.3 is 5.97 Å². The molecule has 26 heavy (non-hydrogen) atoms. The Balaban J connectivity index is 1.91. The third-order valence-corrected chi connectivity index (χ3v) is 4.93. The predicted octanol–water partition coefficient (Wildman–Crippen LogP) is 3.06. The summed E-state index contributed by atoms with van der Waals surface area (Å²) in [6.45, 7) is 1.81. The number of carboxylic acids is 1. The molecule has 8 heteroatoms. The van der Waals surface area contributed by atoms with Gasteiger partial charge in [-0.3, -0.25) is 9.59 Å². The Kier molecular flexibility index (Phi) is 6.97. The number of thiazole rings is 1. The number of anilines is 1. The van der Waals surface area contributed by atoms with Crippen LogP contribution < -0.4 is 14.8 Å². The number of carbonyl (C=O) groups is 2. The zero-order valence-electron chi connectivity index (χ0n) is 15.0. The molecule has 1 aromatic heterocycles. The molecule has 0 saturated carbocycles. The normalized spacial score (nSPS) is 10.4. The molecule has 140 valence electrons. The number of aromatic nitrogens is 1. The van der Waals surface area contributed by atoms with Crippen molar-refractivity contribution in [2.45, 2.75) is 32.6 Å². The Morgan fingerprint density at radius 1 is 1.15 bits per heavy atom. The minimum Gasteiger partial charge on any atom is -0.493 e. The van der Waals surface area contributed by atoms with Crippen molar-refractivity contribution in [2.24, 2.45) is 0 Å². The van der Waals surface area contributed by atoms with Gasteiger partial charge < -0.3 is 19.9 Å². The lowest BCUT2D eigenvalue weighted by Crippen LogP contribution is -2.12. The number of methoxy groups -OCH3 is 2. The number of carboxylic acid groups (broad SMARTS) is 1. The quantitative estimate of drug-likeness (QED) is 0.696. The first-order valence-electron chi connectivity index (χ1n) is 8.11. The van der Waals surface area contributed by atoms with E-state index in [9.17, 15) is 9.59 Å². The maximum atomic E-state index is 12.2. The van der Waals surface area contributed by atoms with E-state index in [1.54, 1.807) is 14.2 Å². The van der Waals surface area contributed by atoms with Gasteiger partial charge in [-0.1, -0.05) is 6.07 Å². The number of ether oxygens (including phenoxy) is 2. The van der Waals surface area contributed by atoms with E-state index in [-0.39, 0.29) is 12.3 Å². The number of hydrogen-bond acceptors (Lipinski definition) is 6. The SMILES string of the molecule is COc1ccc(CCC(=O)Nc2nc(C)c(CCC(=O)O)s2)cc1OC. The summed E-state index contributed by atoms with van der Waals surface area (Å²) in [5.74, 6) is 0.286. The van der Waals surface area contributed by atoms with Crippen LogP contribution in [0, 0.1) is 6.92 Å². The average molecular weight is 378 g/mol. The smallest absolute Gasteiger partial charge is 0.303 e. The minimum absolute atomic E-state index is 0.0513. The molecule has 0 fully saturated rings. The van der Waals surface area contributed by atoms with E-state index in [1.807, 2.05) is 25.1 Å². The van der Waals surface area contributed by atoms with Gasteiger partial charge in [-0.25, -0.2) is 4.98 Å². The second-order valence-corrected chi connectivity index (χ2v) is 6.74. The van der Waals surface area contributed by atoms with Crippen molar-refractivity contribution < 1.29 is 24.2 Å². The Bertz CT molecular complexity index is 788. The summed E-state index contributed by atoms with van der Waals surface area (Å²) in [4.78, 5) is 28.0. The maximum absolute atomic E-state index is 12.2. The van der Waals surface area contributed by atoms with Crippen LogP contribution >= 0.6 is 11.3 Å². The maximum Gasteiger partial charge on any atom is 0.303 e. The molecule has 0 aliphatic carbocycles. The molecule has 0 aliphatic rings. The molecule has 1 heterocycles. The molecule has 0 spiro atoms. The number of nitrogens with one attached hydrogen (secondary N) is 1. The van der Waals surface area contributed by atoms with Crippen molar-refractivity contribution >= 4 is 28.3 Å². The number of rotatable bonds is 9. The van der Waals surface area contributed by atoms with Crippen LogP contribution in [0.15, 0.2) is 18.2 Å². The molecule has 0 atom stereocenters.